The number of nitrogens with one attached hydrogen (secondary N) is 1. The minimum Gasteiger partial charge on any atom is -0.465 e. The molecule has 0 amide bonds. The van der Waals surface area contributed by atoms with Crippen molar-refractivity contribution in [3.8, 4) is 0 Å². The molecule has 4 rings (SSSR count). The summed E-state index contributed by atoms with van der Waals surface area (Å²) >= 11 is 1.14. The number of benzene rings is 2. The van der Waals surface area contributed by atoms with Gasteiger partial charge in [0.1, 0.15) is 0 Å². The van der Waals surface area contributed by atoms with Crippen molar-refractivity contribution < 1.29 is 27.5 Å². The lowest BCUT2D eigenvalue weighted by atomic mass is 9.84. The molecule has 29 heavy (non-hydrogen) atoms. The number of sulfonamides is 1. The van der Waals surface area contributed by atoms with Crippen molar-refractivity contribution in [2.75, 3.05) is 11.8 Å². The zero-order chi connectivity index (χ0) is 20.8. The summed E-state index contributed by atoms with van der Waals surface area (Å²) in [4.78, 5) is 37.0. The lowest BCUT2D eigenvalue weighted by Crippen LogP contribution is -2.22. The molecule has 0 bridgehead atoms. The highest BCUT2D eigenvalue weighted by atomic mass is 32.2. The number of hydrogen-bond donors (Lipinski definition) is 1. The van der Waals surface area contributed by atoms with Gasteiger partial charge in [-0.3, -0.25) is 14.3 Å². The van der Waals surface area contributed by atoms with E-state index in [0.717, 1.165) is 11.3 Å². The molecule has 146 valence electrons. The van der Waals surface area contributed by atoms with E-state index in [-0.39, 0.29) is 38.6 Å². The van der Waals surface area contributed by atoms with Gasteiger partial charge < -0.3 is 4.74 Å². The van der Waals surface area contributed by atoms with Gasteiger partial charge in [-0.25, -0.2) is 13.2 Å². The third-order valence-corrected chi connectivity index (χ3v) is 6.63. The predicted molar refractivity (Wildman–Crippen MR) is 106 cm³/mol. The number of methoxy groups -OCH3 is 1. The molecule has 1 aliphatic carbocycles. The first-order chi connectivity index (χ1) is 13.8. The number of rotatable bonds is 4. The Morgan fingerprint density at radius 1 is 0.931 bits per heavy atom. The van der Waals surface area contributed by atoms with E-state index in [4.69, 9.17) is 0 Å². The predicted octanol–water partition coefficient (Wildman–Crippen LogP) is 3.11. The maximum atomic E-state index is 12.8. The molecule has 2 aromatic carbocycles. The Labute approximate surface area is 170 Å². The maximum Gasteiger partial charge on any atom is 0.340 e. The fourth-order valence-corrected chi connectivity index (χ4v) is 5.01. The lowest BCUT2D eigenvalue weighted by Gasteiger charge is -2.18. The van der Waals surface area contributed by atoms with Crippen LogP contribution in [0.1, 0.15) is 42.2 Å². The summed E-state index contributed by atoms with van der Waals surface area (Å²) in [6.45, 7) is 0. The van der Waals surface area contributed by atoms with Crippen molar-refractivity contribution in [1.82, 2.24) is 0 Å². The average molecular weight is 427 g/mol. The molecular weight excluding hydrogens is 414 g/mol. The van der Waals surface area contributed by atoms with Crippen LogP contribution in [0.4, 0.5) is 5.69 Å². The Balaban J connectivity index is 1.74. The van der Waals surface area contributed by atoms with Gasteiger partial charge in [0.15, 0.2) is 11.6 Å². The summed E-state index contributed by atoms with van der Waals surface area (Å²) < 4.78 is 32.6. The van der Waals surface area contributed by atoms with Crippen LogP contribution in [0.15, 0.2) is 58.1 Å². The Morgan fingerprint density at radius 3 is 2.21 bits per heavy atom. The lowest BCUT2D eigenvalue weighted by molar-refractivity contribution is 0.0602. The third-order valence-electron chi connectivity index (χ3n) is 4.52. The zero-order valence-electron chi connectivity index (χ0n) is 15.0. The fraction of sp³-hybridized carbons (Fsp3) is 0.0500. The van der Waals surface area contributed by atoms with Crippen LogP contribution in [0.2, 0.25) is 0 Å². The van der Waals surface area contributed by atoms with Crippen molar-refractivity contribution in [3.63, 3.8) is 0 Å². The van der Waals surface area contributed by atoms with Crippen LogP contribution in [0.25, 0.3) is 0 Å². The molecule has 1 aromatic heterocycles. The van der Waals surface area contributed by atoms with E-state index in [2.05, 4.69) is 9.46 Å². The molecule has 0 aliphatic heterocycles. The molecule has 0 saturated heterocycles. The Bertz CT molecular complexity index is 1290. The molecule has 0 unspecified atom stereocenters. The molecule has 0 spiro atoms. The second kappa shape index (κ2) is 6.94. The van der Waals surface area contributed by atoms with Gasteiger partial charge in [-0.1, -0.05) is 24.3 Å². The molecule has 0 saturated carbocycles. The van der Waals surface area contributed by atoms with Crippen LogP contribution in [0.5, 0.6) is 0 Å². The van der Waals surface area contributed by atoms with Gasteiger partial charge in [0.05, 0.1) is 23.3 Å². The SMILES string of the molecule is COC(=O)c1cscc1NS(=O)(=O)c1ccc2c(c1)C(=O)c1ccccc1C2=O. The normalized spacial score (nSPS) is 12.9. The first-order valence-corrected chi connectivity index (χ1v) is 10.8. The highest BCUT2D eigenvalue weighted by Crippen LogP contribution is 2.30. The smallest absolute Gasteiger partial charge is 0.340 e. The van der Waals surface area contributed by atoms with Crippen molar-refractivity contribution in [2.24, 2.45) is 0 Å². The number of ether oxygens (including phenoxy) is 1. The molecule has 0 fully saturated rings. The first-order valence-electron chi connectivity index (χ1n) is 8.33. The summed E-state index contributed by atoms with van der Waals surface area (Å²) in [5, 5.41) is 2.93. The van der Waals surface area contributed by atoms with Crippen LogP contribution in [-0.4, -0.2) is 33.1 Å². The maximum absolute atomic E-state index is 12.8. The van der Waals surface area contributed by atoms with Gasteiger partial charge in [-0.2, -0.15) is 0 Å². The third kappa shape index (κ3) is 3.14. The molecular formula is C20H13NO6S2. The summed E-state index contributed by atoms with van der Waals surface area (Å²) in [6.07, 6.45) is 0. The molecule has 7 nitrogen and oxygen atoms in total. The van der Waals surface area contributed by atoms with E-state index in [1.165, 1.54) is 42.1 Å². The first kappa shape index (κ1) is 19.0. The van der Waals surface area contributed by atoms with Gasteiger partial charge in [-0.05, 0) is 18.2 Å². The number of hydrogen-bond acceptors (Lipinski definition) is 7. The van der Waals surface area contributed by atoms with E-state index in [1.807, 2.05) is 0 Å². The van der Waals surface area contributed by atoms with E-state index in [1.54, 1.807) is 18.2 Å². The number of esters is 1. The second-order valence-corrected chi connectivity index (χ2v) is 8.63. The van der Waals surface area contributed by atoms with Crippen LogP contribution >= 0.6 is 11.3 Å². The molecule has 1 aliphatic rings. The summed E-state index contributed by atoms with van der Waals surface area (Å²) in [5.74, 6) is -1.43. The molecule has 9 heteroatoms. The van der Waals surface area contributed by atoms with Crippen molar-refractivity contribution in [3.05, 3.63) is 81.0 Å². The number of carbonyl (C=O) groups is 3. The topological polar surface area (TPSA) is 107 Å². The molecule has 0 atom stereocenters. The van der Waals surface area contributed by atoms with Crippen LogP contribution in [0.3, 0.4) is 0 Å². The second-order valence-electron chi connectivity index (χ2n) is 6.21. The number of anilines is 1. The molecule has 0 radical (unpaired) electrons. The highest BCUT2D eigenvalue weighted by Gasteiger charge is 2.31. The van der Waals surface area contributed by atoms with E-state index >= 15 is 0 Å². The van der Waals surface area contributed by atoms with E-state index < -0.39 is 21.8 Å². The Morgan fingerprint density at radius 2 is 1.55 bits per heavy atom. The highest BCUT2D eigenvalue weighted by molar-refractivity contribution is 7.92. The van der Waals surface area contributed by atoms with E-state index in [9.17, 15) is 22.8 Å². The Hall–Kier alpha value is -3.30. The fourth-order valence-electron chi connectivity index (χ4n) is 3.09. The quantitative estimate of drug-likeness (QED) is 0.502. The minimum absolute atomic E-state index is 0.0232. The number of ketones is 2. The van der Waals surface area contributed by atoms with Crippen molar-refractivity contribution >= 4 is 44.6 Å². The summed E-state index contributed by atoms with van der Waals surface area (Å²) in [6, 6.07) is 10.2. The van der Waals surface area contributed by atoms with Gasteiger partial charge in [0, 0.05) is 33.0 Å². The van der Waals surface area contributed by atoms with Crippen LogP contribution < -0.4 is 4.72 Å². The molecule has 1 N–H and O–H groups in total. The van der Waals surface area contributed by atoms with Gasteiger partial charge >= 0.3 is 5.97 Å². The number of carbonyl (C=O) groups excluding carboxylic acids is 3. The number of thiophene rings is 1. The van der Waals surface area contributed by atoms with Crippen LogP contribution in [0, 0.1) is 0 Å². The minimum atomic E-state index is -4.11. The van der Waals surface area contributed by atoms with Gasteiger partial charge in [0.2, 0.25) is 0 Å². The molecule has 3 aromatic rings. The molecule has 1 heterocycles. The van der Waals surface area contributed by atoms with Gasteiger partial charge in [0.25, 0.3) is 10.0 Å². The summed E-state index contributed by atoms with van der Waals surface area (Å²) in [7, 11) is -2.92. The Kier molecular flexibility index (Phi) is 4.56. The summed E-state index contributed by atoms with van der Waals surface area (Å²) in [5.41, 5.74) is 0.859. The van der Waals surface area contributed by atoms with Crippen molar-refractivity contribution in [1.29, 1.82) is 0 Å². The average Bonchev–Trinajstić information content (AvgIpc) is 3.18. The largest absolute Gasteiger partial charge is 0.465 e. The zero-order valence-corrected chi connectivity index (χ0v) is 16.6. The standard InChI is InChI=1S/C20H13NO6S2/c1-27-20(24)16-9-28-10-17(16)21-29(25,26)11-6-7-14-15(8-11)19(23)13-5-3-2-4-12(13)18(14)22/h2-10,21H,1H3. The van der Waals surface area contributed by atoms with Gasteiger partial charge in [-0.15, -0.1) is 11.3 Å². The van der Waals surface area contributed by atoms with Crippen molar-refractivity contribution in [2.45, 2.75) is 4.90 Å². The van der Waals surface area contributed by atoms with Crippen LogP contribution in [-0.2, 0) is 14.8 Å². The number of fused-ring (bicyclic) bond motifs is 2. The van der Waals surface area contributed by atoms with E-state index in [0.29, 0.717) is 5.56 Å². The monoisotopic (exact) mass is 427 g/mol.